The lowest BCUT2D eigenvalue weighted by Gasteiger charge is -2.22. The fourth-order valence-electron chi connectivity index (χ4n) is 8.86. The molecule has 0 aromatic heterocycles. The molecule has 0 heterocycles. The lowest BCUT2D eigenvalue weighted by atomic mass is 10.1. The van der Waals surface area contributed by atoms with Gasteiger partial charge in [-0.2, -0.15) is 0 Å². The first-order chi connectivity index (χ1) is 33.1. The average Bonchev–Trinajstić information content (AvgIpc) is 3.33. The second-order valence-electron chi connectivity index (χ2n) is 19.9. The molecule has 0 N–H and O–H groups in total. The van der Waals surface area contributed by atoms with Gasteiger partial charge in [-0.05, 0) is 38.2 Å². The van der Waals surface area contributed by atoms with Gasteiger partial charge in [0.25, 0.3) is 0 Å². The van der Waals surface area contributed by atoms with E-state index in [1.807, 2.05) is 12.1 Å². The highest BCUT2D eigenvalue weighted by atomic mass is 16.5. The summed E-state index contributed by atoms with van der Waals surface area (Å²) in [6.07, 6.45) is 56.2. The average molecular weight is 942 g/mol. The van der Waals surface area contributed by atoms with Gasteiger partial charge in [-0.15, -0.1) is 0 Å². The zero-order valence-corrected chi connectivity index (χ0v) is 45.4. The molecule has 0 aliphatic rings. The molecular weight excluding hydrogens is 829 g/mol. The molecule has 6 nitrogen and oxygen atoms in total. The highest BCUT2D eigenvalue weighted by molar-refractivity contribution is 5.89. The Balaban J connectivity index is 3.30. The Labute approximate surface area is 417 Å². The number of benzene rings is 1. The Morgan fingerprint density at radius 3 is 0.955 bits per heavy atom. The standard InChI is InChI=1S/C61H112O6/c1-6-11-16-20-24-28-32-36-40-44-51-63-57-55-58(64-52-45-41-37-33-29-25-21-17-12-7-2)61(67-54-47-43-39-35-31-27-23-19-14-9-4)60(56(57)48-49-59(62)65-50-15-10-5)66-53-46-42-38-34-30-26-22-18-13-8-3/h48-49,55H,6-47,50-54H2,1-5H3. The number of rotatable bonds is 53. The maximum Gasteiger partial charge on any atom is 0.330 e. The molecule has 0 unspecified atom stereocenters. The maximum atomic E-state index is 13.0. The van der Waals surface area contributed by atoms with Crippen LogP contribution in [0.25, 0.3) is 6.08 Å². The number of carbonyl (C=O) groups is 1. The second-order valence-corrected chi connectivity index (χ2v) is 19.9. The van der Waals surface area contributed by atoms with Crippen LogP contribution in [0.1, 0.15) is 310 Å². The first kappa shape index (κ1) is 62.6. The lowest BCUT2D eigenvalue weighted by Crippen LogP contribution is -2.09. The molecule has 1 aromatic rings. The van der Waals surface area contributed by atoms with Crippen LogP contribution in [0.5, 0.6) is 23.0 Å². The van der Waals surface area contributed by atoms with E-state index in [1.54, 1.807) is 6.08 Å². The van der Waals surface area contributed by atoms with Gasteiger partial charge in [0.15, 0.2) is 11.5 Å². The Morgan fingerprint density at radius 2 is 0.612 bits per heavy atom. The molecule has 0 bridgehead atoms. The van der Waals surface area contributed by atoms with Crippen LogP contribution >= 0.6 is 0 Å². The van der Waals surface area contributed by atoms with Gasteiger partial charge in [-0.1, -0.05) is 272 Å². The zero-order valence-electron chi connectivity index (χ0n) is 45.4. The molecule has 6 heteroatoms. The zero-order chi connectivity index (χ0) is 48.4. The SMILES string of the molecule is CCCCCCCCCCCCOc1cc(OCCCCCCCCCCCC)c(OCCCCCCCCCCCC)c(OCCCCCCCCCCCC)c1C=CC(=O)OCCCC. The van der Waals surface area contributed by atoms with Crippen molar-refractivity contribution in [1.82, 2.24) is 0 Å². The number of hydrogen-bond acceptors (Lipinski definition) is 6. The van der Waals surface area contributed by atoms with Gasteiger partial charge >= 0.3 is 5.97 Å². The van der Waals surface area contributed by atoms with E-state index >= 15 is 0 Å². The smallest absolute Gasteiger partial charge is 0.330 e. The molecule has 0 radical (unpaired) electrons. The van der Waals surface area contributed by atoms with Crippen molar-refractivity contribution in [2.75, 3.05) is 33.0 Å². The summed E-state index contributed by atoms with van der Waals surface area (Å²) in [6.45, 7) is 14.1. The fraction of sp³-hybridized carbons (Fsp3) is 0.852. The van der Waals surface area contributed by atoms with Gasteiger partial charge < -0.3 is 23.7 Å². The van der Waals surface area contributed by atoms with Crippen molar-refractivity contribution in [3.8, 4) is 23.0 Å². The van der Waals surface area contributed by atoms with E-state index < -0.39 is 0 Å². The first-order valence-corrected chi connectivity index (χ1v) is 29.7. The molecule has 0 aliphatic carbocycles. The number of esters is 1. The third kappa shape index (κ3) is 38.1. The molecule has 0 saturated carbocycles. The van der Waals surface area contributed by atoms with Crippen molar-refractivity contribution >= 4 is 12.0 Å². The monoisotopic (exact) mass is 941 g/mol. The van der Waals surface area contributed by atoms with Gasteiger partial charge in [0.2, 0.25) is 5.75 Å². The highest BCUT2D eigenvalue weighted by Crippen LogP contribution is 2.47. The summed E-state index contributed by atoms with van der Waals surface area (Å²) in [5.41, 5.74) is 0.746. The molecule has 1 aromatic carbocycles. The minimum atomic E-state index is -0.344. The molecule has 0 spiro atoms. The third-order valence-electron chi connectivity index (χ3n) is 13.3. The van der Waals surface area contributed by atoms with E-state index in [1.165, 1.54) is 205 Å². The molecule has 0 aliphatic heterocycles. The van der Waals surface area contributed by atoms with E-state index in [0.717, 1.165) is 69.8 Å². The normalized spacial score (nSPS) is 11.5. The third-order valence-corrected chi connectivity index (χ3v) is 13.3. The largest absolute Gasteiger partial charge is 0.493 e. The molecule has 0 saturated heterocycles. The van der Waals surface area contributed by atoms with Gasteiger partial charge in [-0.3, -0.25) is 0 Å². The van der Waals surface area contributed by atoms with Crippen LogP contribution in [-0.2, 0) is 9.53 Å². The number of carbonyl (C=O) groups excluding carboxylic acids is 1. The van der Waals surface area contributed by atoms with Crippen molar-refractivity contribution in [3.05, 3.63) is 17.7 Å². The molecule has 0 amide bonds. The fourth-order valence-corrected chi connectivity index (χ4v) is 8.86. The molecule has 67 heavy (non-hydrogen) atoms. The quantitative estimate of drug-likeness (QED) is 0.0368. The number of unbranched alkanes of at least 4 members (excludes halogenated alkanes) is 37. The molecule has 392 valence electrons. The maximum absolute atomic E-state index is 13.0. The Morgan fingerprint density at radius 1 is 0.328 bits per heavy atom. The Kier molecular flexibility index (Phi) is 46.8. The Hall–Kier alpha value is -2.37. The van der Waals surface area contributed by atoms with Gasteiger partial charge in [0.05, 0.1) is 38.6 Å². The van der Waals surface area contributed by atoms with Crippen LogP contribution in [0.2, 0.25) is 0 Å². The van der Waals surface area contributed by atoms with E-state index in [-0.39, 0.29) is 5.97 Å². The lowest BCUT2D eigenvalue weighted by molar-refractivity contribution is -0.137. The van der Waals surface area contributed by atoms with Crippen LogP contribution in [0.4, 0.5) is 0 Å². The predicted molar refractivity (Wildman–Crippen MR) is 291 cm³/mol. The van der Waals surface area contributed by atoms with Crippen molar-refractivity contribution in [3.63, 3.8) is 0 Å². The van der Waals surface area contributed by atoms with Gasteiger partial charge in [-0.25, -0.2) is 4.79 Å². The number of hydrogen-bond donors (Lipinski definition) is 0. The summed E-state index contributed by atoms with van der Waals surface area (Å²) in [7, 11) is 0. The van der Waals surface area contributed by atoms with Gasteiger partial charge in [0.1, 0.15) is 5.75 Å². The predicted octanol–water partition coefficient (Wildman–Crippen LogP) is 20.2. The summed E-state index contributed by atoms with van der Waals surface area (Å²) < 4.78 is 32.6. The molecular formula is C61H112O6. The van der Waals surface area contributed by atoms with Crippen molar-refractivity contribution < 1.29 is 28.5 Å². The van der Waals surface area contributed by atoms with E-state index in [9.17, 15) is 4.79 Å². The second kappa shape index (κ2) is 50.0. The minimum absolute atomic E-state index is 0.344. The summed E-state index contributed by atoms with van der Waals surface area (Å²) in [5.74, 6) is 2.33. The summed E-state index contributed by atoms with van der Waals surface area (Å²) in [4.78, 5) is 13.0. The van der Waals surface area contributed by atoms with E-state index in [0.29, 0.717) is 56.0 Å². The van der Waals surface area contributed by atoms with Crippen molar-refractivity contribution in [2.45, 2.75) is 304 Å². The molecule has 1 rings (SSSR count). The Bertz CT molecular complexity index is 1230. The summed E-state index contributed by atoms with van der Waals surface area (Å²) in [5, 5.41) is 0. The van der Waals surface area contributed by atoms with Crippen molar-refractivity contribution in [1.29, 1.82) is 0 Å². The number of ether oxygens (including phenoxy) is 5. The van der Waals surface area contributed by atoms with E-state index in [2.05, 4.69) is 34.6 Å². The highest BCUT2D eigenvalue weighted by Gasteiger charge is 2.23. The first-order valence-electron chi connectivity index (χ1n) is 29.7. The van der Waals surface area contributed by atoms with Crippen LogP contribution in [0.15, 0.2) is 12.1 Å². The van der Waals surface area contributed by atoms with Crippen LogP contribution in [-0.4, -0.2) is 39.0 Å². The summed E-state index contributed by atoms with van der Waals surface area (Å²) in [6, 6.07) is 2.02. The molecule has 0 atom stereocenters. The van der Waals surface area contributed by atoms with Crippen LogP contribution in [0.3, 0.4) is 0 Å². The van der Waals surface area contributed by atoms with Crippen LogP contribution in [0, 0.1) is 0 Å². The molecule has 0 fully saturated rings. The topological polar surface area (TPSA) is 63.2 Å². The minimum Gasteiger partial charge on any atom is -0.493 e. The van der Waals surface area contributed by atoms with Crippen LogP contribution < -0.4 is 18.9 Å². The van der Waals surface area contributed by atoms with E-state index in [4.69, 9.17) is 23.7 Å². The summed E-state index contributed by atoms with van der Waals surface area (Å²) >= 11 is 0. The van der Waals surface area contributed by atoms with Crippen molar-refractivity contribution in [2.24, 2.45) is 0 Å². The van der Waals surface area contributed by atoms with Gasteiger partial charge in [0, 0.05) is 12.1 Å².